The number of benzene rings is 2. The molecule has 0 aromatic heterocycles. The van der Waals surface area contributed by atoms with E-state index in [0.29, 0.717) is 0 Å². The summed E-state index contributed by atoms with van der Waals surface area (Å²) in [6.45, 7) is 3.12. The molecule has 1 aliphatic carbocycles. The number of hydrogen-bond acceptors (Lipinski definition) is 1. The Kier molecular flexibility index (Phi) is 4.30. The predicted molar refractivity (Wildman–Crippen MR) is 93.1 cm³/mol. The van der Waals surface area contributed by atoms with E-state index in [2.05, 4.69) is 72.8 Å². The van der Waals surface area contributed by atoms with E-state index in [-0.39, 0.29) is 0 Å². The fourth-order valence-corrected chi connectivity index (χ4v) is 2.77. The van der Waals surface area contributed by atoms with E-state index in [1.54, 1.807) is 0 Å². The van der Waals surface area contributed by atoms with Crippen molar-refractivity contribution in [2.45, 2.75) is 26.2 Å². The molecule has 0 fully saturated rings. The van der Waals surface area contributed by atoms with Crippen molar-refractivity contribution in [2.24, 2.45) is 4.99 Å². The Morgan fingerprint density at radius 1 is 1.14 bits per heavy atom. The zero-order valence-corrected chi connectivity index (χ0v) is 12.5. The molecule has 0 aliphatic heterocycles. The first-order valence-electron chi connectivity index (χ1n) is 7.78. The van der Waals surface area contributed by atoms with Crippen LogP contribution >= 0.6 is 0 Å². The van der Waals surface area contributed by atoms with E-state index in [9.17, 15) is 0 Å². The molecule has 0 saturated carbocycles. The zero-order valence-electron chi connectivity index (χ0n) is 12.5. The highest BCUT2D eigenvalue weighted by Crippen LogP contribution is 2.30. The molecule has 0 heterocycles. The fraction of sp³-hybridized carbons (Fsp3) is 0.250. The van der Waals surface area contributed by atoms with Gasteiger partial charge in [0.2, 0.25) is 0 Å². The molecule has 0 radical (unpaired) electrons. The molecule has 1 aliphatic rings. The van der Waals surface area contributed by atoms with Gasteiger partial charge in [-0.3, -0.25) is 4.99 Å². The van der Waals surface area contributed by atoms with Gasteiger partial charge in [0.15, 0.2) is 0 Å². The molecule has 106 valence electrons. The average Bonchev–Trinajstić information content (AvgIpc) is 3.05. The Morgan fingerprint density at radius 3 is 2.86 bits per heavy atom. The van der Waals surface area contributed by atoms with Crippen molar-refractivity contribution in [2.75, 3.05) is 6.54 Å². The Hall–Kier alpha value is -2.15. The van der Waals surface area contributed by atoms with Crippen molar-refractivity contribution < 1.29 is 0 Å². The second-order valence-electron chi connectivity index (χ2n) is 5.46. The van der Waals surface area contributed by atoms with E-state index < -0.39 is 0 Å². The second-order valence-corrected chi connectivity index (χ2v) is 5.46. The van der Waals surface area contributed by atoms with Crippen LogP contribution in [0.2, 0.25) is 0 Å². The molecule has 0 bridgehead atoms. The van der Waals surface area contributed by atoms with Gasteiger partial charge < -0.3 is 0 Å². The third-order valence-corrected chi connectivity index (χ3v) is 3.95. The summed E-state index contributed by atoms with van der Waals surface area (Å²) >= 11 is 0. The quantitative estimate of drug-likeness (QED) is 0.511. The number of aliphatic imine (C=N–C) groups is 1. The van der Waals surface area contributed by atoms with Crippen LogP contribution in [0.1, 0.15) is 37.3 Å². The molecule has 0 saturated heterocycles. The Bertz CT molecular complexity index is 720. The Morgan fingerprint density at radius 2 is 2.05 bits per heavy atom. The SMILES string of the molecule is CCCC/N=C/c1c(C2=CC=CC2)ccc2ccccc12. The van der Waals surface area contributed by atoms with Crippen molar-refractivity contribution >= 4 is 22.6 Å². The fourth-order valence-electron chi connectivity index (χ4n) is 2.77. The average molecular weight is 275 g/mol. The summed E-state index contributed by atoms with van der Waals surface area (Å²) in [5, 5.41) is 2.58. The summed E-state index contributed by atoms with van der Waals surface area (Å²) in [7, 11) is 0. The number of allylic oxidation sites excluding steroid dienone is 4. The van der Waals surface area contributed by atoms with Gasteiger partial charge in [-0.05, 0) is 34.8 Å². The lowest BCUT2D eigenvalue weighted by Crippen LogP contribution is -1.95. The number of unbranched alkanes of at least 4 members (excludes halogenated alkanes) is 1. The summed E-state index contributed by atoms with van der Waals surface area (Å²) in [4.78, 5) is 4.64. The lowest BCUT2D eigenvalue weighted by molar-refractivity contribution is 0.810. The minimum Gasteiger partial charge on any atom is -0.293 e. The van der Waals surface area contributed by atoms with Gasteiger partial charge >= 0.3 is 0 Å². The van der Waals surface area contributed by atoms with Crippen molar-refractivity contribution in [1.29, 1.82) is 0 Å². The molecule has 1 heteroatoms. The first kappa shape index (κ1) is 13.8. The first-order chi connectivity index (χ1) is 10.4. The summed E-state index contributed by atoms with van der Waals surface area (Å²) in [5.74, 6) is 0. The Labute approximate surface area is 126 Å². The van der Waals surface area contributed by atoms with Crippen molar-refractivity contribution in [3.05, 3.63) is 65.8 Å². The molecule has 0 amide bonds. The summed E-state index contributed by atoms with van der Waals surface area (Å²) in [6.07, 6.45) is 12.0. The number of rotatable bonds is 5. The van der Waals surface area contributed by atoms with E-state index in [0.717, 1.165) is 19.4 Å². The molecule has 3 rings (SSSR count). The van der Waals surface area contributed by atoms with Gasteiger partial charge in [0.05, 0.1) is 0 Å². The number of nitrogens with zero attached hydrogens (tertiary/aromatic N) is 1. The van der Waals surface area contributed by atoms with E-state index in [1.807, 2.05) is 0 Å². The smallest absolute Gasteiger partial charge is 0.0389 e. The standard InChI is InChI=1S/C20H21N/c1-2-3-14-21-15-20-18-11-7-6-10-17(18)12-13-19(20)16-8-4-5-9-16/h4-8,10-13,15H,2-3,9,14H2,1H3/b21-15+. The van der Waals surface area contributed by atoms with Crippen LogP contribution in [0.25, 0.3) is 16.3 Å². The van der Waals surface area contributed by atoms with Crippen LogP contribution in [0.4, 0.5) is 0 Å². The predicted octanol–water partition coefficient (Wildman–Crippen LogP) is 5.40. The van der Waals surface area contributed by atoms with Crippen LogP contribution in [-0.4, -0.2) is 12.8 Å². The molecular formula is C20H21N. The maximum absolute atomic E-state index is 4.64. The van der Waals surface area contributed by atoms with Gasteiger partial charge in [-0.25, -0.2) is 0 Å². The third-order valence-electron chi connectivity index (χ3n) is 3.95. The maximum atomic E-state index is 4.64. The minimum absolute atomic E-state index is 0.913. The van der Waals surface area contributed by atoms with Crippen molar-refractivity contribution in [3.8, 4) is 0 Å². The van der Waals surface area contributed by atoms with Gasteiger partial charge in [0, 0.05) is 18.3 Å². The highest BCUT2D eigenvalue weighted by Gasteiger charge is 2.10. The van der Waals surface area contributed by atoms with Crippen LogP contribution in [0.5, 0.6) is 0 Å². The molecule has 2 aromatic carbocycles. The molecule has 0 spiro atoms. The van der Waals surface area contributed by atoms with Crippen LogP contribution in [-0.2, 0) is 0 Å². The summed E-state index contributed by atoms with van der Waals surface area (Å²) < 4.78 is 0. The summed E-state index contributed by atoms with van der Waals surface area (Å²) in [5.41, 5.74) is 3.97. The van der Waals surface area contributed by atoms with Gasteiger partial charge in [-0.1, -0.05) is 68.0 Å². The lowest BCUT2D eigenvalue weighted by atomic mass is 9.94. The highest BCUT2D eigenvalue weighted by atomic mass is 14.7. The molecule has 1 nitrogen and oxygen atoms in total. The third kappa shape index (κ3) is 2.97. The van der Waals surface area contributed by atoms with Crippen molar-refractivity contribution in [1.82, 2.24) is 0 Å². The van der Waals surface area contributed by atoms with E-state index in [1.165, 1.54) is 33.9 Å². The van der Waals surface area contributed by atoms with Crippen LogP contribution in [0.3, 0.4) is 0 Å². The molecule has 0 atom stereocenters. The molecule has 2 aromatic rings. The molecular weight excluding hydrogens is 254 g/mol. The number of hydrogen-bond donors (Lipinski definition) is 0. The highest BCUT2D eigenvalue weighted by molar-refractivity contribution is 6.04. The van der Waals surface area contributed by atoms with Crippen LogP contribution < -0.4 is 0 Å². The van der Waals surface area contributed by atoms with Gasteiger partial charge in [-0.2, -0.15) is 0 Å². The second kappa shape index (κ2) is 6.53. The normalized spacial score (nSPS) is 14.2. The zero-order chi connectivity index (χ0) is 14.5. The van der Waals surface area contributed by atoms with Gasteiger partial charge in [0.1, 0.15) is 0 Å². The maximum Gasteiger partial charge on any atom is 0.0389 e. The first-order valence-corrected chi connectivity index (χ1v) is 7.78. The molecule has 21 heavy (non-hydrogen) atoms. The molecule has 0 N–H and O–H groups in total. The molecule has 0 unspecified atom stereocenters. The van der Waals surface area contributed by atoms with Crippen LogP contribution in [0.15, 0.2) is 59.6 Å². The monoisotopic (exact) mass is 275 g/mol. The van der Waals surface area contributed by atoms with Crippen LogP contribution in [0, 0.1) is 0 Å². The summed E-state index contributed by atoms with van der Waals surface area (Å²) in [6, 6.07) is 13.0. The Balaban J connectivity index is 2.06. The van der Waals surface area contributed by atoms with Crippen molar-refractivity contribution in [3.63, 3.8) is 0 Å². The lowest BCUT2D eigenvalue weighted by Gasteiger charge is -2.11. The number of fused-ring (bicyclic) bond motifs is 1. The largest absolute Gasteiger partial charge is 0.293 e. The topological polar surface area (TPSA) is 12.4 Å². The van der Waals surface area contributed by atoms with Gasteiger partial charge in [-0.15, -0.1) is 0 Å². The van der Waals surface area contributed by atoms with Gasteiger partial charge in [0.25, 0.3) is 0 Å². The van der Waals surface area contributed by atoms with E-state index in [4.69, 9.17) is 0 Å². The minimum atomic E-state index is 0.913. The van der Waals surface area contributed by atoms with E-state index >= 15 is 0 Å².